The minimum absolute atomic E-state index is 0.110. The first-order valence-corrected chi connectivity index (χ1v) is 17.9. The Hall–Kier alpha value is -2.11. The van der Waals surface area contributed by atoms with Crippen LogP contribution < -0.4 is 5.32 Å². The summed E-state index contributed by atoms with van der Waals surface area (Å²) in [7, 11) is 5.48. The molecule has 0 aliphatic carbocycles. The fraction of sp³-hybridized carbons (Fsp3) is 0.914. The molecule has 0 spiro atoms. The number of hydrogen-bond acceptors (Lipinski definition) is 14. The van der Waals surface area contributed by atoms with Crippen LogP contribution >= 0.6 is 0 Å². The van der Waals surface area contributed by atoms with Gasteiger partial charge in [0, 0.05) is 24.5 Å². The lowest BCUT2D eigenvalue weighted by Crippen LogP contribution is -2.59. The van der Waals surface area contributed by atoms with Crippen LogP contribution in [0.5, 0.6) is 0 Å². The summed E-state index contributed by atoms with van der Waals surface area (Å²) in [5.41, 5.74) is -3.51. The van der Waals surface area contributed by atoms with Crippen molar-refractivity contribution in [2.24, 2.45) is 17.8 Å². The van der Waals surface area contributed by atoms with Gasteiger partial charge in [-0.3, -0.25) is 9.59 Å². The van der Waals surface area contributed by atoms with Crippen LogP contribution in [0.2, 0.25) is 0 Å². The average molecular weight is 720 g/mol. The quantitative estimate of drug-likeness (QED) is 0.178. The highest BCUT2D eigenvalue weighted by Gasteiger charge is 2.51. The van der Waals surface area contributed by atoms with Crippen LogP contribution in [0.3, 0.4) is 0 Å². The summed E-state index contributed by atoms with van der Waals surface area (Å²) in [4.78, 5) is 42.8. The molecule has 2 saturated heterocycles. The predicted molar refractivity (Wildman–Crippen MR) is 184 cm³/mol. The second kappa shape index (κ2) is 18.6. The van der Waals surface area contributed by atoms with Crippen LogP contribution in [0, 0.1) is 17.8 Å². The third kappa shape index (κ3) is 11.2. The minimum Gasteiger partial charge on any atom is -0.465 e. The van der Waals surface area contributed by atoms with Crippen LogP contribution in [-0.4, -0.2) is 155 Å². The van der Waals surface area contributed by atoms with Crippen LogP contribution in [0.4, 0.5) is 4.79 Å². The van der Waals surface area contributed by atoms with E-state index in [0.29, 0.717) is 13.0 Å². The first-order valence-electron chi connectivity index (χ1n) is 17.9. The molecule has 2 aliphatic heterocycles. The van der Waals surface area contributed by atoms with Crippen molar-refractivity contribution in [2.45, 2.75) is 148 Å². The average Bonchev–Trinajstić information content (AvgIpc) is 3.02. The molecule has 0 radical (unpaired) electrons. The number of aliphatic hydroxyl groups excluding tert-OH is 2. The Balaban J connectivity index is 2.69. The molecule has 2 rings (SSSR count). The molecule has 2 aliphatic rings. The number of nitrogens with one attached hydrogen (secondary N) is 1. The monoisotopic (exact) mass is 719 g/mol. The van der Waals surface area contributed by atoms with Gasteiger partial charge < -0.3 is 59.2 Å². The van der Waals surface area contributed by atoms with Gasteiger partial charge in [-0.15, -0.1) is 0 Å². The maximum Gasteiger partial charge on any atom is 0.407 e. The summed E-state index contributed by atoms with van der Waals surface area (Å²) in [6, 6.07) is -0.895. The van der Waals surface area contributed by atoms with E-state index < -0.39 is 90.5 Å². The Morgan fingerprint density at radius 1 is 1.08 bits per heavy atom. The van der Waals surface area contributed by atoms with Gasteiger partial charge in [0.25, 0.3) is 0 Å². The first-order chi connectivity index (χ1) is 23.1. The van der Waals surface area contributed by atoms with Crippen molar-refractivity contribution >= 4 is 18.0 Å². The van der Waals surface area contributed by atoms with E-state index in [1.165, 1.54) is 13.8 Å². The molecule has 50 heavy (non-hydrogen) atoms. The zero-order valence-electron chi connectivity index (χ0n) is 32.1. The van der Waals surface area contributed by atoms with Crippen molar-refractivity contribution in [1.82, 2.24) is 15.1 Å². The first kappa shape index (κ1) is 44.1. The number of amides is 1. The van der Waals surface area contributed by atoms with Gasteiger partial charge in [-0.1, -0.05) is 20.8 Å². The summed E-state index contributed by atoms with van der Waals surface area (Å²) in [6.45, 7) is 15.1. The van der Waals surface area contributed by atoms with E-state index in [0.717, 1.165) is 0 Å². The predicted octanol–water partition coefficient (Wildman–Crippen LogP) is 1.27. The molecule has 2 fully saturated rings. The van der Waals surface area contributed by atoms with Gasteiger partial charge in [-0.2, -0.15) is 0 Å². The number of rotatable bonds is 8. The Labute approximate surface area is 297 Å². The molecule has 14 atom stereocenters. The number of carbonyl (C=O) groups is 3. The van der Waals surface area contributed by atoms with E-state index >= 15 is 0 Å². The van der Waals surface area contributed by atoms with E-state index in [2.05, 4.69) is 5.32 Å². The summed E-state index contributed by atoms with van der Waals surface area (Å²) in [5, 5.41) is 49.0. The van der Waals surface area contributed by atoms with Gasteiger partial charge in [0.2, 0.25) is 0 Å². The Morgan fingerprint density at radius 2 is 1.70 bits per heavy atom. The van der Waals surface area contributed by atoms with Crippen LogP contribution in [0.1, 0.15) is 81.6 Å². The van der Waals surface area contributed by atoms with Crippen molar-refractivity contribution in [3.05, 3.63) is 0 Å². The second-order valence-corrected chi connectivity index (χ2v) is 15.2. The summed E-state index contributed by atoms with van der Waals surface area (Å²) < 4.78 is 29.2. The highest BCUT2D eigenvalue weighted by atomic mass is 16.7. The number of ether oxygens (including phenoxy) is 5. The molecule has 0 bridgehead atoms. The molecular formula is C35H65N3O12. The van der Waals surface area contributed by atoms with Gasteiger partial charge in [0.1, 0.15) is 36.6 Å². The van der Waals surface area contributed by atoms with Crippen molar-refractivity contribution in [1.29, 1.82) is 0 Å². The van der Waals surface area contributed by atoms with Crippen molar-refractivity contribution in [3.63, 3.8) is 0 Å². The van der Waals surface area contributed by atoms with Gasteiger partial charge in [0.05, 0.1) is 30.3 Å². The fourth-order valence-electron chi connectivity index (χ4n) is 7.46. The van der Waals surface area contributed by atoms with Crippen molar-refractivity contribution in [2.75, 3.05) is 40.8 Å². The zero-order chi connectivity index (χ0) is 38.3. The third-order valence-electron chi connectivity index (χ3n) is 10.3. The lowest BCUT2D eigenvalue weighted by Gasteiger charge is -2.47. The maximum atomic E-state index is 13.9. The topological polar surface area (TPSA) is 197 Å². The summed E-state index contributed by atoms with van der Waals surface area (Å²) in [6.07, 6.45) is -7.72. The van der Waals surface area contributed by atoms with E-state index in [1.54, 1.807) is 41.7 Å². The molecule has 292 valence electrons. The number of aliphatic hydroxyl groups is 4. The highest BCUT2D eigenvalue weighted by molar-refractivity contribution is 5.78. The molecule has 1 amide bonds. The molecule has 5 N–H and O–H groups in total. The number of carbonyl (C=O) groups excluding carboxylic acids is 3. The molecule has 2 heterocycles. The van der Waals surface area contributed by atoms with E-state index in [9.17, 15) is 34.8 Å². The molecular weight excluding hydrogens is 654 g/mol. The maximum absolute atomic E-state index is 13.9. The summed E-state index contributed by atoms with van der Waals surface area (Å²) >= 11 is 0. The smallest absolute Gasteiger partial charge is 0.407 e. The number of hydrogen-bond donors (Lipinski definition) is 5. The standard InChI is InChI=1S/C35H65N3O12/c1-13-25-35(9,45)29(41)23(7)38(12)18-19(3)16-34(8,44)30(50-32-27(40)24(37(10)11)15-20(4)47-32)21(5)28(22(6)31(42)48-25)49-33(43)36-17-26(39)46-14-2/h19-25,27-30,32,40-41,44-45H,13-18H2,1-12H3,(H,36,43)/t19-,20-,21+,22-,23-,24+,25-,27-,28+,29-,30-,32+,34-,35-/m1/s1. The largest absolute Gasteiger partial charge is 0.465 e. The lowest BCUT2D eigenvalue weighted by atomic mass is 9.77. The third-order valence-corrected chi connectivity index (χ3v) is 10.3. The summed E-state index contributed by atoms with van der Waals surface area (Å²) in [5.74, 6) is -3.86. The Bertz CT molecular complexity index is 1110. The van der Waals surface area contributed by atoms with Gasteiger partial charge >= 0.3 is 18.0 Å². The second-order valence-electron chi connectivity index (χ2n) is 15.2. The molecule has 0 unspecified atom stereocenters. The number of likely N-dealkylation sites (N-methyl/N-ethyl adjacent to an activating group) is 2. The van der Waals surface area contributed by atoms with Gasteiger partial charge in [-0.25, -0.2) is 4.79 Å². The highest BCUT2D eigenvalue weighted by Crippen LogP contribution is 2.37. The van der Waals surface area contributed by atoms with Gasteiger partial charge in [0.15, 0.2) is 6.29 Å². The normalized spacial score (nSPS) is 41.4. The number of esters is 2. The number of cyclic esters (lactones) is 1. The fourth-order valence-corrected chi connectivity index (χ4v) is 7.46. The Morgan fingerprint density at radius 3 is 2.26 bits per heavy atom. The SMILES string of the molecule is CCOC(=O)CNC(=O)O[C@H]1[C@H](C)[C@@H](O[C@@H]2O[C@H](C)C[C@H](N(C)C)[C@H]2O)[C@](C)(O)C[C@@H](C)CN(C)[C@H](C)[C@@H](O)[C@](C)(O)[C@@H](CC)OC(=O)[C@@H]1C. The number of nitrogens with zero attached hydrogens (tertiary/aromatic N) is 2. The van der Waals surface area contributed by atoms with Crippen molar-refractivity contribution < 1.29 is 58.5 Å². The zero-order valence-corrected chi connectivity index (χ0v) is 32.1. The minimum atomic E-state index is -1.86. The van der Waals surface area contributed by atoms with Gasteiger partial charge in [-0.05, 0) is 87.9 Å². The number of alkyl carbamates (subject to hydrolysis) is 1. The van der Waals surface area contributed by atoms with E-state index in [4.69, 9.17) is 23.7 Å². The van der Waals surface area contributed by atoms with Crippen molar-refractivity contribution in [3.8, 4) is 0 Å². The van der Waals surface area contributed by atoms with E-state index in [-0.39, 0.29) is 37.5 Å². The molecule has 0 aromatic rings. The molecule has 15 heteroatoms. The van der Waals surface area contributed by atoms with E-state index in [1.807, 2.05) is 37.7 Å². The molecule has 0 aromatic carbocycles. The van der Waals surface area contributed by atoms with Crippen LogP contribution in [-0.2, 0) is 33.3 Å². The lowest BCUT2D eigenvalue weighted by molar-refractivity contribution is -0.299. The Kier molecular flexibility index (Phi) is 16.4. The van der Waals surface area contributed by atoms with Crippen LogP contribution in [0.15, 0.2) is 0 Å². The molecule has 0 aromatic heterocycles. The van der Waals surface area contributed by atoms with Crippen LogP contribution in [0.25, 0.3) is 0 Å². The molecule has 0 saturated carbocycles. The molecule has 15 nitrogen and oxygen atoms in total.